The van der Waals surface area contributed by atoms with Gasteiger partial charge in [-0.1, -0.05) is 63.2 Å². The third-order valence-corrected chi connectivity index (χ3v) is 5.32. The molecule has 2 N–H and O–H groups in total. The minimum Gasteiger partial charge on any atom is -0.389 e. The fourth-order valence-corrected chi connectivity index (χ4v) is 4.14. The number of fused-ring (bicyclic) bond motifs is 1. The predicted molar refractivity (Wildman–Crippen MR) is 87.3 cm³/mol. The standard InChI is InChI=1S/C20H22O2/c1-20(2,3)11-8-9-14-15(10-11)17-13-7-5-4-6-12(13)16(14)18(21)19(17)22/h4-10,16-19,21-22H,1-3H3/t16-,17-,18+,19-/m1/s1. The van der Waals surface area contributed by atoms with Crippen LogP contribution in [0.3, 0.4) is 0 Å². The summed E-state index contributed by atoms with van der Waals surface area (Å²) in [6, 6.07) is 14.8. The van der Waals surface area contributed by atoms with Gasteiger partial charge in [0.25, 0.3) is 0 Å². The molecule has 2 bridgehead atoms. The maximum Gasteiger partial charge on any atom is 0.0917 e. The number of aliphatic hydroxyl groups is 2. The van der Waals surface area contributed by atoms with E-state index in [1.807, 2.05) is 12.1 Å². The number of benzene rings is 2. The summed E-state index contributed by atoms with van der Waals surface area (Å²) >= 11 is 0. The molecule has 114 valence electrons. The van der Waals surface area contributed by atoms with Gasteiger partial charge in [-0.3, -0.25) is 0 Å². The van der Waals surface area contributed by atoms with Crippen LogP contribution >= 0.6 is 0 Å². The van der Waals surface area contributed by atoms with E-state index in [-0.39, 0.29) is 17.3 Å². The van der Waals surface area contributed by atoms with Crippen LogP contribution in [0.5, 0.6) is 0 Å². The second-order valence-corrected chi connectivity index (χ2v) is 7.66. The van der Waals surface area contributed by atoms with Crippen LogP contribution in [0.2, 0.25) is 0 Å². The first-order chi connectivity index (χ1) is 10.4. The van der Waals surface area contributed by atoms with Gasteiger partial charge in [0, 0.05) is 11.8 Å². The van der Waals surface area contributed by atoms with Crippen LogP contribution in [0, 0.1) is 0 Å². The average molecular weight is 294 g/mol. The van der Waals surface area contributed by atoms with E-state index in [1.54, 1.807) is 0 Å². The molecular weight excluding hydrogens is 272 g/mol. The summed E-state index contributed by atoms with van der Waals surface area (Å²) in [6.45, 7) is 6.61. The van der Waals surface area contributed by atoms with Gasteiger partial charge < -0.3 is 10.2 Å². The van der Waals surface area contributed by atoms with Crippen molar-refractivity contribution in [3.05, 3.63) is 70.3 Å². The summed E-state index contributed by atoms with van der Waals surface area (Å²) < 4.78 is 0. The van der Waals surface area contributed by atoms with Gasteiger partial charge in [0.1, 0.15) is 0 Å². The van der Waals surface area contributed by atoms with Crippen molar-refractivity contribution in [3.8, 4) is 0 Å². The van der Waals surface area contributed by atoms with E-state index in [2.05, 4.69) is 51.1 Å². The third-order valence-electron chi connectivity index (χ3n) is 5.32. The van der Waals surface area contributed by atoms with E-state index in [9.17, 15) is 10.2 Å². The Morgan fingerprint density at radius 1 is 0.727 bits per heavy atom. The van der Waals surface area contributed by atoms with Crippen LogP contribution < -0.4 is 0 Å². The highest BCUT2D eigenvalue weighted by atomic mass is 16.3. The van der Waals surface area contributed by atoms with Crippen LogP contribution in [0.4, 0.5) is 0 Å². The van der Waals surface area contributed by atoms with E-state index in [4.69, 9.17) is 0 Å². The van der Waals surface area contributed by atoms with Crippen molar-refractivity contribution in [2.24, 2.45) is 0 Å². The molecule has 2 aromatic carbocycles. The van der Waals surface area contributed by atoms with Crippen LogP contribution in [0.15, 0.2) is 42.5 Å². The number of aliphatic hydroxyl groups excluding tert-OH is 2. The molecule has 3 aliphatic carbocycles. The predicted octanol–water partition coefficient (Wildman–Crippen LogP) is 3.30. The van der Waals surface area contributed by atoms with E-state index in [0.29, 0.717) is 0 Å². The minimum atomic E-state index is -0.720. The average Bonchev–Trinajstić information content (AvgIpc) is 2.49. The lowest BCUT2D eigenvalue weighted by Crippen LogP contribution is -2.47. The molecule has 3 aliphatic rings. The van der Waals surface area contributed by atoms with E-state index >= 15 is 0 Å². The highest BCUT2D eigenvalue weighted by molar-refractivity contribution is 5.58. The van der Waals surface area contributed by atoms with Crippen LogP contribution in [0.25, 0.3) is 0 Å². The Hall–Kier alpha value is -1.64. The summed E-state index contributed by atoms with van der Waals surface area (Å²) in [5, 5.41) is 21.1. The molecule has 0 saturated heterocycles. The topological polar surface area (TPSA) is 40.5 Å². The van der Waals surface area contributed by atoms with Crippen LogP contribution in [-0.4, -0.2) is 22.4 Å². The lowest BCUT2D eigenvalue weighted by atomic mass is 9.60. The van der Waals surface area contributed by atoms with Gasteiger partial charge in [0.05, 0.1) is 12.2 Å². The lowest BCUT2D eigenvalue weighted by Gasteiger charge is -2.47. The largest absolute Gasteiger partial charge is 0.389 e. The highest BCUT2D eigenvalue weighted by Gasteiger charge is 2.48. The number of hydrogen-bond acceptors (Lipinski definition) is 2. The zero-order valence-corrected chi connectivity index (χ0v) is 13.2. The summed E-state index contributed by atoms with van der Waals surface area (Å²) in [5.41, 5.74) is 6.06. The molecule has 2 heteroatoms. The molecule has 0 heterocycles. The van der Waals surface area contributed by atoms with Crippen LogP contribution in [0.1, 0.15) is 60.4 Å². The molecule has 0 fully saturated rings. The quantitative estimate of drug-likeness (QED) is 0.782. The zero-order valence-electron chi connectivity index (χ0n) is 13.2. The maximum atomic E-state index is 10.6. The SMILES string of the molecule is CC(C)(C)c1ccc2c(c1)[C@H]1c3ccccc3[C@H]2[C@H](O)[C@@H]1O. The Morgan fingerprint density at radius 2 is 1.23 bits per heavy atom. The van der Waals surface area contributed by atoms with E-state index in [0.717, 1.165) is 0 Å². The summed E-state index contributed by atoms with van der Waals surface area (Å²) in [5.74, 6) is -0.228. The molecule has 0 unspecified atom stereocenters. The summed E-state index contributed by atoms with van der Waals surface area (Å²) in [7, 11) is 0. The highest BCUT2D eigenvalue weighted by Crippen LogP contribution is 2.53. The molecule has 0 saturated carbocycles. The molecule has 2 aromatic rings. The van der Waals surface area contributed by atoms with E-state index < -0.39 is 12.2 Å². The second-order valence-electron chi connectivity index (χ2n) is 7.66. The van der Waals surface area contributed by atoms with Crippen molar-refractivity contribution in [3.63, 3.8) is 0 Å². The molecule has 5 rings (SSSR count). The molecule has 0 spiro atoms. The molecule has 0 aromatic heterocycles. The summed E-state index contributed by atoms with van der Waals surface area (Å²) in [4.78, 5) is 0. The Labute approximate surface area is 131 Å². The molecule has 0 radical (unpaired) electrons. The fourth-order valence-electron chi connectivity index (χ4n) is 4.14. The molecule has 2 nitrogen and oxygen atoms in total. The smallest absolute Gasteiger partial charge is 0.0917 e. The molecule has 22 heavy (non-hydrogen) atoms. The van der Waals surface area contributed by atoms with Crippen LogP contribution in [-0.2, 0) is 5.41 Å². The van der Waals surface area contributed by atoms with Crippen molar-refractivity contribution >= 4 is 0 Å². The van der Waals surface area contributed by atoms with Crippen molar-refractivity contribution in [1.82, 2.24) is 0 Å². The second kappa shape index (κ2) is 4.43. The number of rotatable bonds is 0. The van der Waals surface area contributed by atoms with Crippen molar-refractivity contribution < 1.29 is 10.2 Å². The lowest BCUT2D eigenvalue weighted by molar-refractivity contribution is -0.0154. The zero-order chi connectivity index (χ0) is 15.6. The Balaban J connectivity index is 1.97. The number of hydrogen-bond donors (Lipinski definition) is 2. The first-order valence-electron chi connectivity index (χ1n) is 7.99. The molecule has 0 aliphatic heterocycles. The van der Waals surface area contributed by atoms with Gasteiger partial charge >= 0.3 is 0 Å². The van der Waals surface area contributed by atoms with Gasteiger partial charge in [0.2, 0.25) is 0 Å². The fraction of sp³-hybridized carbons (Fsp3) is 0.400. The van der Waals surface area contributed by atoms with E-state index in [1.165, 1.54) is 27.8 Å². The minimum absolute atomic E-state index is 0.0782. The van der Waals surface area contributed by atoms with Gasteiger partial charge in [-0.15, -0.1) is 0 Å². The van der Waals surface area contributed by atoms with Gasteiger partial charge in [-0.25, -0.2) is 0 Å². The summed E-state index contributed by atoms with van der Waals surface area (Å²) in [6.07, 6.45) is -1.43. The Bertz CT molecular complexity index is 742. The first kappa shape index (κ1) is 14.0. The van der Waals surface area contributed by atoms with Gasteiger partial charge in [-0.2, -0.15) is 0 Å². The molecule has 0 amide bonds. The molecular formula is C20H22O2. The monoisotopic (exact) mass is 294 g/mol. The van der Waals surface area contributed by atoms with Gasteiger partial charge in [-0.05, 0) is 33.2 Å². The Morgan fingerprint density at radius 3 is 1.77 bits per heavy atom. The molecule has 4 atom stereocenters. The van der Waals surface area contributed by atoms with Crippen molar-refractivity contribution in [2.75, 3.05) is 0 Å². The van der Waals surface area contributed by atoms with Crippen molar-refractivity contribution in [2.45, 2.75) is 50.2 Å². The van der Waals surface area contributed by atoms with Crippen molar-refractivity contribution in [1.29, 1.82) is 0 Å². The van der Waals surface area contributed by atoms with Gasteiger partial charge in [0.15, 0.2) is 0 Å². The third kappa shape index (κ3) is 1.74. The maximum absolute atomic E-state index is 10.6. The first-order valence-corrected chi connectivity index (χ1v) is 7.99. The normalized spacial score (nSPS) is 29.1. The Kier molecular flexibility index (Phi) is 2.82.